The largest absolute Gasteiger partial charge is 0.355 e. The van der Waals surface area contributed by atoms with Crippen LogP contribution in [0.25, 0.3) is 0 Å². The summed E-state index contributed by atoms with van der Waals surface area (Å²) in [6.07, 6.45) is 0.803. The number of carbonyl (C=O) groups excluding carboxylic acids is 2. The molecule has 2 aromatic rings. The van der Waals surface area contributed by atoms with Crippen LogP contribution < -0.4 is 5.32 Å². The van der Waals surface area contributed by atoms with E-state index in [9.17, 15) is 9.59 Å². The fraction of sp³-hybridized carbons (Fsp3) is 0.0667. The lowest BCUT2D eigenvalue weighted by Crippen LogP contribution is -1.97. The number of carbonyl (C=O) groups is 2. The molecule has 18 heavy (non-hydrogen) atoms. The van der Waals surface area contributed by atoms with Crippen LogP contribution in [-0.4, -0.2) is 12.1 Å². The molecule has 0 heterocycles. The first-order chi connectivity index (χ1) is 8.70. The summed E-state index contributed by atoms with van der Waals surface area (Å²) in [4.78, 5) is 22.2. The van der Waals surface area contributed by atoms with Crippen molar-refractivity contribution >= 4 is 23.4 Å². The molecule has 0 aliphatic heterocycles. The predicted octanol–water partition coefficient (Wildman–Crippen LogP) is 3.45. The topological polar surface area (TPSA) is 46.2 Å². The van der Waals surface area contributed by atoms with E-state index in [-0.39, 0.29) is 5.78 Å². The number of para-hydroxylation sites is 1. The molecule has 2 aromatic carbocycles. The zero-order chi connectivity index (χ0) is 13.0. The van der Waals surface area contributed by atoms with Crippen LogP contribution in [-0.2, 0) is 0 Å². The lowest BCUT2D eigenvalue weighted by molar-refractivity contribution is 0.101. The summed E-state index contributed by atoms with van der Waals surface area (Å²) in [5.74, 6) is 0.0160. The Kier molecular flexibility index (Phi) is 3.53. The number of nitrogens with one attached hydrogen (secondary N) is 1. The van der Waals surface area contributed by atoms with Crippen molar-refractivity contribution in [3.8, 4) is 0 Å². The number of anilines is 2. The predicted molar refractivity (Wildman–Crippen MR) is 71.6 cm³/mol. The van der Waals surface area contributed by atoms with Gasteiger partial charge in [-0.1, -0.05) is 24.3 Å². The van der Waals surface area contributed by atoms with E-state index >= 15 is 0 Å². The average Bonchev–Trinajstić information content (AvgIpc) is 2.39. The van der Waals surface area contributed by atoms with Gasteiger partial charge in [-0.3, -0.25) is 9.59 Å². The van der Waals surface area contributed by atoms with E-state index in [1.165, 1.54) is 6.92 Å². The van der Waals surface area contributed by atoms with Crippen molar-refractivity contribution in [3.63, 3.8) is 0 Å². The molecule has 0 aromatic heterocycles. The van der Waals surface area contributed by atoms with Gasteiger partial charge in [0.15, 0.2) is 12.1 Å². The molecule has 3 heteroatoms. The van der Waals surface area contributed by atoms with Crippen molar-refractivity contribution in [2.24, 2.45) is 0 Å². The van der Waals surface area contributed by atoms with Gasteiger partial charge in [0.05, 0.1) is 0 Å². The fourth-order valence-electron chi connectivity index (χ4n) is 1.69. The number of aldehydes is 1. The van der Waals surface area contributed by atoms with E-state index in [4.69, 9.17) is 0 Å². The molecule has 0 aliphatic carbocycles. The zero-order valence-electron chi connectivity index (χ0n) is 10.0. The van der Waals surface area contributed by atoms with Crippen LogP contribution in [0.5, 0.6) is 0 Å². The van der Waals surface area contributed by atoms with Crippen molar-refractivity contribution in [1.29, 1.82) is 0 Å². The number of ketones is 1. The molecule has 0 saturated heterocycles. The third-order valence-electron chi connectivity index (χ3n) is 2.64. The van der Waals surface area contributed by atoms with E-state index in [1.54, 1.807) is 24.3 Å². The number of rotatable bonds is 4. The summed E-state index contributed by atoms with van der Waals surface area (Å²) < 4.78 is 0. The molecule has 90 valence electrons. The van der Waals surface area contributed by atoms with Crippen molar-refractivity contribution in [2.75, 3.05) is 5.32 Å². The third kappa shape index (κ3) is 2.63. The highest BCUT2D eigenvalue weighted by Crippen LogP contribution is 2.20. The number of Topliss-reactive ketones (excluding diaryl/α,β-unsaturated/α-hetero) is 1. The van der Waals surface area contributed by atoms with E-state index in [1.807, 2.05) is 24.3 Å². The van der Waals surface area contributed by atoms with E-state index in [0.29, 0.717) is 11.1 Å². The lowest BCUT2D eigenvalue weighted by atomic mass is 10.1. The van der Waals surface area contributed by atoms with Gasteiger partial charge < -0.3 is 5.32 Å². The zero-order valence-corrected chi connectivity index (χ0v) is 10.0. The fourth-order valence-corrected chi connectivity index (χ4v) is 1.69. The van der Waals surface area contributed by atoms with Crippen LogP contribution in [0.2, 0.25) is 0 Å². The van der Waals surface area contributed by atoms with Crippen molar-refractivity contribution in [1.82, 2.24) is 0 Å². The first-order valence-corrected chi connectivity index (χ1v) is 5.63. The van der Waals surface area contributed by atoms with Crippen LogP contribution >= 0.6 is 0 Å². The maximum atomic E-state index is 11.3. The van der Waals surface area contributed by atoms with Crippen molar-refractivity contribution < 1.29 is 9.59 Å². The molecule has 0 atom stereocenters. The van der Waals surface area contributed by atoms with Crippen LogP contribution in [0.4, 0.5) is 11.4 Å². The summed E-state index contributed by atoms with van der Waals surface area (Å²) in [6.45, 7) is 1.53. The SMILES string of the molecule is CC(=O)c1cccc(Nc2ccccc2C=O)c1. The highest BCUT2D eigenvalue weighted by atomic mass is 16.1. The van der Waals surface area contributed by atoms with Gasteiger partial charge >= 0.3 is 0 Å². The van der Waals surface area contributed by atoms with Gasteiger partial charge in [-0.2, -0.15) is 0 Å². The van der Waals surface area contributed by atoms with Crippen molar-refractivity contribution in [2.45, 2.75) is 6.92 Å². The van der Waals surface area contributed by atoms with E-state index in [0.717, 1.165) is 17.7 Å². The molecule has 0 amide bonds. The minimum absolute atomic E-state index is 0.0160. The molecule has 0 bridgehead atoms. The molecule has 0 saturated carbocycles. The van der Waals surface area contributed by atoms with Gasteiger partial charge in [0.2, 0.25) is 0 Å². The number of benzene rings is 2. The molecule has 0 spiro atoms. The van der Waals surface area contributed by atoms with E-state index in [2.05, 4.69) is 5.32 Å². The van der Waals surface area contributed by atoms with Crippen molar-refractivity contribution in [3.05, 3.63) is 59.7 Å². The molecule has 0 aliphatic rings. The van der Waals surface area contributed by atoms with Gasteiger partial charge in [-0.05, 0) is 31.2 Å². The smallest absolute Gasteiger partial charge is 0.159 e. The quantitative estimate of drug-likeness (QED) is 0.656. The van der Waals surface area contributed by atoms with Gasteiger partial charge in [-0.15, -0.1) is 0 Å². The summed E-state index contributed by atoms with van der Waals surface area (Å²) in [6, 6.07) is 14.4. The third-order valence-corrected chi connectivity index (χ3v) is 2.64. The Morgan fingerprint density at radius 3 is 2.61 bits per heavy atom. The minimum Gasteiger partial charge on any atom is -0.355 e. The maximum absolute atomic E-state index is 11.3. The van der Waals surface area contributed by atoms with Gasteiger partial charge in [0.25, 0.3) is 0 Å². The van der Waals surface area contributed by atoms with Crippen LogP contribution in [0.15, 0.2) is 48.5 Å². The Bertz CT molecular complexity index is 591. The second-order valence-corrected chi connectivity index (χ2v) is 3.97. The Morgan fingerprint density at radius 2 is 1.89 bits per heavy atom. The second-order valence-electron chi connectivity index (χ2n) is 3.97. The molecular weight excluding hydrogens is 226 g/mol. The Hall–Kier alpha value is -2.42. The standard InChI is InChI=1S/C15H13NO2/c1-11(18)12-6-4-7-14(9-12)16-15-8-3-2-5-13(15)10-17/h2-10,16H,1H3. The molecular formula is C15H13NO2. The average molecular weight is 239 g/mol. The maximum Gasteiger partial charge on any atom is 0.159 e. The summed E-state index contributed by atoms with van der Waals surface area (Å²) in [5.41, 5.74) is 2.75. The van der Waals surface area contributed by atoms with Gasteiger partial charge in [-0.25, -0.2) is 0 Å². The lowest BCUT2D eigenvalue weighted by Gasteiger charge is -2.09. The molecule has 3 nitrogen and oxygen atoms in total. The first-order valence-electron chi connectivity index (χ1n) is 5.63. The summed E-state index contributed by atoms with van der Waals surface area (Å²) in [5, 5.41) is 3.14. The number of hydrogen-bond acceptors (Lipinski definition) is 3. The number of hydrogen-bond donors (Lipinski definition) is 1. The molecule has 0 unspecified atom stereocenters. The van der Waals surface area contributed by atoms with E-state index < -0.39 is 0 Å². The Labute approximate surface area is 105 Å². The highest BCUT2D eigenvalue weighted by molar-refractivity contribution is 5.95. The normalized spacial score (nSPS) is 9.83. The van der Waals surface area contributed by atoms with Crippen LogP contribution in [0.3, 0.4) is 0 Å². The van der Waals surface area contributed by atoms with Gasteiger partial charge in [0.1, 0.15) is 0 Å². The summed E-state index contributed by atoms with van der Waals surface area (Å²) in [7, 11) is 0. The van der Waals surface area contributed by atoms with Crippen LogP contribution in [0.1, 0.15) is 27.6 Å². The molecule has 1 N–H and O–H groups in total. The Balaban J connectivity index is 2.31. The van der Waals surface area contributed by atoms with Crippen LogP contribution in [0, 0.1) is 0 Å². The van der Waals surface area contributed by atoms with Gasteiger partial charge in [0, 0.05) is 22.5 Å². The molecule has 0 fully saturated rings. The second kappa shape index (κ2) is 5.27. The molecule has 0 radical (unpaired) electrons. The summed E-state index contributed by atoms with van der Waals surface area (Å²) >= 11 is 0. The monoisotopic (exact) mass is 239 g/mol. The molecule has 2 rings (SSSR count). The first kappa shape index (κ1) is 12.0. The highest BCUT2D eigenvalue weighted by Gasteiger charge is 2.03. The Morgan fingerprint density at radius 1 is 1.11 bits per heavy atom. The minimum atomic E-state index is 0.0160.